The Bertz CT molecular complexity index is 828. The van der Waals surface area contributed by atoms with E-state index >= 15 is 0 Å². The summed E-state index contributed by atoms with van der Waals surface area (Å²) in [6, 6.07) is 12.4. The fourth-order valence-corrected chi connectivity index (χ4v) is 4.31. The number of amides is 2. The van der Waals surface area contributed by atoms with E-state index in [1.165, 1.54) is 11.8 Å². The van der Waals surface area contributed by atoms with Crippen LogP contribution in [0.3, 0.4) is 0 Å². The smallest absolute Gasteiger partial charge is 0.238 e. The highest BCUT2D eigenvalue weighted by atomic mass is 35.5. The van der Waals surface area contributed by atoms with Crippen LogP contribution in [-0.4, -0.2) is 17.1 Å². The minimum absolute atomic E-state index is 0.0976. The van der Waals surface area contributed by atoms with Crippen molar-refractivity contribution in [2.75, 3.05) is 5.32 Å². The molecule has 25 heavy (non-hydrogen) atoms. The van der Waals surface area contributed by atoms with Crippen LogP contribution in [0.5, 0.6) is 0 Å². The summed E-state index contributed by atoms with van der Waals surface area (Å²) in [5, 5.41) is 6.31. The molecule has 2 amide bonds. The summed E-state index contributed by atoms with van der Waals surface area (Å²) in [4.78, 5) is 25.5. The average Bonchev–Trinajstić information content (AvgIpc) is 2.55. The van der Waals surface area contributed by atoms with Gasteiger partial charge in [-0.2, -0.15) is 0 Å². The molecule has 0 aromatic heterocycles. The summed E-state index contributed by atoms with van der Waals surface area (Å²) >= 11 is 13.5. The molecule has 0 radical (unpaired) electrons. The molecular formula is C18H16Cl2N2O2S. The number of benzene rings is 2. The van der Waals surface area contributed by atoms with Gasteiger partial charge in [0.1, 0.15) is 0 Å². The highest BCUT2D eigenvalue weighted by Crippen LogP contribution is 2.36. The van der Waals surface area contributed by atoms with Crippen molar-refractivity contribution in [3.05, 3.63) is 58.1 Å². The van der Waals surface area contributed by atoms with Gasteiger partial charge in [0.05, 0.1) is 17.0 Å². The molecule has 2 atom stereocenters. The Morgan fingerprint density at radius 2 is 2.04 bits per heavy atom. The fraction of sp³-hybridized carbons (Fsp3) is 0.222. The van der Waals surface area contributed by atoms with E-state index in [0.717, 1.165) is 16.1 Å². The molecule has 2 N–H and O–H groups in total. The third-order valence-corrected chi connectivity index (χ3v) is 5.72. The van der Waals surface area contributed by atoms with Gasteiger partial charge in [0, 0.05) is 21.4 Å². The van der Waals surface area contributed by atoms with E-state index in [-0.39, 0.29) is 24.3 Å². The first-order valence-corrected chi connectivity index (χ1v) is 9.38. The summed E-state index contributed by atoms with van der Waals surface area (Å²) in [5.74, 6) is -0.360. The van der Waals surface area contributed by atoms with Crippen molar-refractivity contribution in [3.63, 3.8) is 0 Å². The number of hydrogen-bond acceptors (Lipinski definition) is 3. The summed E-state index contributed by atoms with van der Waals surface area (Å²) in [7, 11) is 0. The van der Waals surface area contributed by atoms with Gasteiger partial charge in [-0.1, -0.05) is 41.4 Å². The number of thioether (sulfide) groups is 1. The van der Waals surface area contributed by atoms with E-state index in [1.807, 2.05) is 31.2 Å². The van der Waals surface area contributed by atoms with Gasteiger partial charge in [0.25, 0.3) is 0 Å². The molecule has 3 rings (SSSR count). The van der Waals surface area contributed by atoms with Gasteiger partial charge < -0.3 is 10.6 Å². The third kappa shape index (κ3) is 4.29. The Balaban J connectivity index is 1.63. The first-order chi connectivity index (χ1) is 11.9. The largest absolute Gasteiger partial charge is 0.349 e. The number of carbonyl (C=O) groups excluding carboxylic acids is 2. The number of anilines is 1. The molecule has 130 valence electrons. The van der Waals surface area contributed by atoms with Crippen molar-refractivity contribution in [1.82, 2.24) is 5.32 Å². The lowest BCUT2D eigenvalue weighted by molar-refractivity contribution is -0.124. The van der Waals surface area contributed by atoms with Crippen LogP contribution in [-0.2, 0) is 9.59 Å². The molecule has 0 bridgehead atoms. The molecule has 2 aromatic rings. The Morgan fingerprint density at radius 1 is 1.28 bits per heavy atom. The van der Waals surface area contributed by atoms with Crippen molar-refractivity contribution in [3.8, 4) is 0 Å². The maximum atomic E-state index is 12.4. The molecule has 0 spiro atoms. The van der Waals surface area contributed by atoms with Crippen LogP contribution in [0.15, 0.2) is 47.4 Å². The van der Waals surface area contributed by atoms with Crippen LogP contribution in [0, 0.1) is 0 Å². The van der Waals surface area contributed by atoms with E-state index in [4.69, 9.17) is 23.2 Å². The summed E-state index contributed by atoms with van der Waals surface area (Å²) in [5.41, 5.74) is 1.57. The quantitative estimate of drug-likeness (QED) is 0.791. The number of rotatable bonds is 4. The molecule has 1 aliphatic rings. The van der Waals surface area contributed by atoms with E-state index in [2.05, 4.69) is 10.6 Å². The lowest BCUT2D eigenvalue weighted by atomic mass is 10.1. The van der Waals surface area contributed by atoms with Crippen molar-refractivity contribution in [1.29, 1.82) is 0 Å². The lowest BCUT2D eigenvalue weighted by Crippen LogP contribution is -2.35. The van der Waals surface area contributed by atoms with Gasteiger partial charge >= 0.3 is 0 Å². The lowest BCUT2D eigenvalue weighted by Gasteiger charge is -2.24. The van der Waals surface area contributed by atoms with E-state index < -0.39 is 5.25 Å². The van der Waals surface area contributed by atoms with Crippen molar-refractivity contribution >= 4 is 52.5 Å². The van der Waals surface area contributed by atoms with E-state index in [0.29, 0.717) is 10.0 Å². The highest BCUT2D eigenvalue weighted by molar-refractivity contribution is 8.01. The normalized spacial score (nSPS) is 17.4. The first kappa shape index (κ1) is 18.1. The Hall–Kier alpha value is -1.69. The van der Waals surface area contributed by atoms with Crippen LogP contribution in [0.2, 0.25) is 10.0 Å². The molecular weight excluding hydrogens is 379 g/mol. The summed E-state index contributed by atoms with van der Waals surface area (Å²) in [6.07, 6.45) is 0.0976. The van der Waals surface area contributed by atoms with Gasteiger partial charge in [-0.15, -0.1) is 11.8 Å². The second kappa shape index (κ2) is 7.68. The van der Waals surface area contributed by atoms with Crippen LogP contribution in [0.4, 0.5) is 5.69 Å². The van der Waals surface area contributed by atoms with E-state index in [9.17, 15) is 9.59 Å². The van der Waals surface area contributed by atoms with Gasteiger partial charge in [-0.05, 0) is 36.8 Å². The second-order valence-electron chi connectivity index (χ2n) is 5.75. The maximum absolute atomic E-state index is 12.4. The van der Waals surface area contributed by atoms with Crippen molar-refractivity contribution in [2.45, 2.75) is 29.5 Å². The Labute approximate surface area is 160 Å². The molecule has 1 aliphatic heterocycles. The molecule has 0 saturated carbocycles. The topological polar surface area (TPSA) is 58.2 Å². The van der Waals surface area contributed by atoms with Crippen LogP contribution >= 0.6 is 35.0 Å². The van der Waals surface area contributed by atoms with Crippen molar-refractivity contribution < 1.29 is 9.59 Å². The minimum atomic E-state index is -0.456. The Kier molecular flexibility index (Phi) is 5.57. The Morgan fingerprint density at radius 3 is 2.80 bits per heavy atom. The van der Waals surface area contributed by atoms with Crippen LogP contribution in [0.1, 0.15) is 24.9 Å². The molecule has 0 fully saturated rings. The third-order valence-electron chi connectivity index (χ3n) is 3.88. The molecule has 4 nitrogen and oxygen atoms in total. The molecule has 0 saturated heterocycles. The monoisotopic (exact) mass is 394 g/mol. The zero-order chi connectivity index (χ0) is 18.0. The van der Waals surface area contributed by atoms with Crippen LogP contribution < -0.4 is 10.6 Å². The van der Waals surface area contributed by atoms with Gasteiger partial charge in [0.15, 0.2) is 0 Å². The van der Waals surface area contributed by atoms with Gasteiger partial charge in [-0.3, -0.25) is 9.59 Å². The predicted octanol–water partition coefficient (Wildman–Crippen LogP) is 4.67. The summed E-state index contributed by atoms with van der Waals surface area (Å²) in [6.45, 7) is 1.84. The molecule has 7 heteroatoms. The fourth-order valence-electron chi connectivity index (χ4n) is 2.63. The number of para-hydroxylation sites is 1. The minimum Gasteiger partial charge on any atom is -0.349 e. The standard InChI is InChI=1S/C18H16Cl2N2O2S/c1-10(12-7-6-11(19)8-13(12)20)21-17(23)9-16-18(24)22-14-4-2-3-5-15(14)25-16/h2-8,10,16H,9H2,1H3,(H,21,23)(H,22,24)/t10-,16-/m1/s1. The van der Waals surface area contributed by atoms with E-state index in [1.54, 1.807) is 18.2 Å². The first-order valence-electron chi connectivity index (χ1n) is 7.75. The molecule has 0 unspecified atom stereocenters. The number of halogens is 2. The zero-order valence-electron chi connectivity index (χ0n) is 13.4. The van der Waals surface area contributed by atoms with Crippen molar-refractivity contribution in [2.24, 2.45) is 0 Å². The number of fused-ring (bicyclic) bond motifs is 1. The number of nitrogens with one attached hydrogen (secondary N) is 2. The number of carbonyl (C=O) groups is 2. The SMILES string of the molecule is C[C@@H](NC(=O)C[C@H]1Sc2ccccc2NC1=O)c1ccc(Cl)cc1Cl. The zero-order valence-corrected chi connectivity index (χ0v) is 15.7. The number of hydrogen-bond donors (Lipinski definition) is 2. The van der Waals surface area contributed by atoms with Gasteiger partial charge in [-0.25, -0.2) is 0 Å². The predicted molar refractivity (Wildman–Crippen MR) is 102 cm³/mol. The highest BCUT2D eigenvalue weighted by Gasteiger charge is 2.29. The molecule has 0 aliphatic carbocycles. The van der Waals surface area contributed by atoms with Crippen LogP contribution in [0.25, 0.3) is 0 Å². The second-order valence-corrected chi connectivity index (χ2v) is 7.84. The average molecular weight is 395 g/mol. The van der Waals surface area contributed by atoms with Gasteiger partial charge in [0.2, 0.25) is 11.8 Å². The maximum Gasteiger partial charge on any atom is 0.238 e. The molecule has 1 heterocycles. The molecule has 2 aromatic carbocycles. The summed E-state index contributed by atoms with van der Waals surface area (Å²) < 4.78 is 0.